The number of carbonyl (C=O) groups is 1. The Labute approximate surface area is 125 Å². The molecule has 0 fully saturated rings. The third kappa shape index (κ3) is 4.11. The zero-order chi connectivity index (χ0) is 14.5. The number of ether oxygens (including phenoxy) is 1. The van der Waals surface area contributed by atoms with Crippen LogP contribution in [-0.2, 0) is 4.79 Å². The average molecular weight is 314 g/mol. The molecule has 20 heavy (non-hydrogen) atoms. The van der Waals surface area contributed by atoms with Crippen LogP contribution in [0.4, 0.5) is 10.1 Å². The summed E-state index contributed by atoms with van der Waals surface area (Å²) < 4.78 is 18.0. The Bertz CT molecular complexity index is 617. The van der Waals surface area contributed by atoms with Crippen molar-refractivity contribution in [1.82, 2.24) is 0 Å². The molecular weight excluding hydrogens is 304 g/mol. The van der Waals surface area contributed by atoms with Gasteiger partial charge in [0, 0.05) is 16.8 Å². The first-order chi connectivity index (χ1) is 9.54. The van der Waals surface area contributed by atoms with Gasteiger partial charge >= 0.3 is 0 Å². The Morgan fingerprint density at radius 2 is 1.85 bits per heavy atom. The quantitative estimate of drug-likeness (QED) is 0.920. The molecule has 2 rings (SSSR count). The summed E-state index contributed by atoms with van der Waals surface area (Å²) in [4.78, 5) is 11.7. The second kappa shape index (κ2) is 6.59. The largest absolute Gasteiger partial charge is 0.482 e. The minimum Gasteiger partial charge on any atom is -0.482 e. The van der Waals surface area contributed by atoms with Gasteiger partial charge < -0.3 is 10.1 Å². The fourth-order valence-electron chi connectivity index (χ4n) is 1.46. The second-order valence-corrected chi connectivity index (χ2v) is 4.76. The van der Waals surface area contributed by atoms with Crippen molar-refractivity contribution in [3.63, 3.8) is 0 Å². The van der Waals surface area contributed by atoms with Gasteiger partial charge in [-0.1, -0.05) is 23.2 Å². The zero-order valence-corrected chi connectivity index (χ0v) is 11.7. The zero-order valence-electron chi connectivity index (χ0n) is 10.2. The van der Waals surface area contributed by atoms with E-state index in [2.05, 4.69) is 5.32 Å². The van der Waals surface area contributed by atoms with Crippen molar-refractivity contribution in [3.8, 4) is 5.75 Å². The molecule has 1 N–H and O–H groups in total. The number of halogens is 3. The highest BCUT2D eigenvalue weighted by Crippen LogP contribution is 2.27. The van der Waals surface area contributed by atoms with Crippen molar-refractivity contribution in [2.75, 3.05) is 11.9 Å². The van der Waals surface area contributed by atoms with Gasteiger partial charge in [-0.05, 0) is 36.4 Å². The minimum absolute atomic E-state index is 0.225. The highest BCUT2D eigenvalue weighted by atomic mass is 35.5. The molecule has 0 aliphatic carbocycles. The van der Waals surface area contributed by atoms with Crippen molar-refractivity contribution >= 4 is 34.8 Å². The first-order valence-electron chi connectivity index (χ1n) is 5.68. The van der Waals surface area contributed by atoms with Crippen LogP contribution in [-0.4, -0.2) is 12.5 Å². The molecule has 0 aliphatic heterocycles. The summed E-state index contributed by atoms with van der Waals surface area (Å²) in [5.74, 6) is -0.425. The molecule has 0 bridgehead atoms. The van der Waals surface area contributed by atoms with E-state index in [1.807, 2.05) is 0 Å². The van der Waals surface area contributed by atoms with Gasteiger partial charge in [0.1, 0.15) is 11.6 Å². The van der Waals surface area contributed by atoms with E-state index < -0.39 is 0 Å². The molecule has 1 amide bonds. The van der Waals surface area contributed by atoms with Crippen LogP contribution in [0.25, 0.3) is 0 Å². The van der Waals surface area contributed by atoms with Crippen molar-refractivity contribution in [2.45, 2.75) is 0 Å². The van der Waals surface area contributed by atoms with E-state index >= 15 is 0 Å². The van der Waals surface area contributed by atoms with Crippen molar-refractivity contribution < 1.29 is 13.9 Å². The van der Waals surface area contributed by atoms with E-state index in [1.54, 1.807) is 12.1 Å². The number of hydrogen-bond donors (Lipinski definition) is 1. The number of hydrogen-bond acceptors (Lipinski definition) is 2. The van der Waals surface area contributed by atoms with E-state index in [-0.39, 0.29) is 18.3 Å². The van der Waals surface area contributed by atoms with E-state index in [0.29, 0.717) is 21.5 Å². The first-order valence-corrected chi connectivity index (χ1v) is 6.43. The molecule has 0 atom stereocenters. The predicted octanol–water partition coefficient (Wildman–Crippen LogP) is 4.15. The fraction of sp³-hybridized carbons (Fsp3) is 0.0714. The lowest BCUT2D eigenvalue weighted by Gasteiger charge is -2.09. The summed E-state index contributed by atoms with van der Waals surface area (Å²) in [5.41, 5.74) is 0.484. The Hall–Kier alpha value is -1.78. The standard InChI is InChI=1S/C14H10Cl2FNO2/c15-9-1-6-12(16)13(7-9)20-8-14(19)18-11-4-2-10(17)3-5-11/h1-7H,8H2,(H,18,19). The maximum atomic E-state index is 12.7. The van der Waals surface area contributed by atoms with Crippen LogP contribution in [0.3, 0.4) is 0 Å². The average Bonchev–Trinajstić information content (AvgIpc) is 2.42. The molecule has 0 aliphatic rings. The highest BCUT2D eigenvalue weighted by molar-refractivity contribution is 6.34. The van der Waals surface area contributed by atoms with Crippen LogP contribution >= 0.6 is 23.2 Å². The van der Waals surface area contributed by atoms with Gasteiger partial charge in [0.2, 0.25) is 0 Å². The van der Waals surface area contributed by atoms with Crippen molar-refractivity contribution in [1.29, 1.82) is 0 Å². The van der Waals surface area contributed by atoms with Crippen LogP contribution in [0.1, 0.15) is 0 Å². The first kappa shape index (κ1) is 14.6. The van der Waals surface area contributed by atoms with E-state index in [0.717, 1.165) is 0 Å². The number of nitrogens with one attached hydrogen (secondary N) is 1. The molecule has 2 aromatic rings. The van der Waals surface area contributed by atoms with E-state index in [4.69, 9.17) is 27.9 Å². The molecule has 0 saturated heterocycles. The lowest BCUT2D eigenvalue weighted by molar-refractivity contribution is -0.118. The van der Waals surface area contributed by atoms with Crippen LogP contribution in [0, 0.1) is 5.82 Å². The summed E-state index contributed by atoms with van der Waals surface area (Å²) >= 11 is 11.7. The van der Waals surface area contributed by atoms with E-state index in [1.165, 1.54) is 30.3 Å². The minimum atomic E-state index is -0.382. The summed E-state index contributed by atoms with van der Waals surface area (Å²) in [6.45, 7) is -0.225. The van der Waals surface area contributed by atoms with Gasteiger partial charge in [0.25, 0.3) is 5.91 Å². The summed E-state index contributed by atoms with van der Waals surface area (Å²) in [7, 11) is 0. The second-order valence-electron chi connectivity index (χ2n) is 3.92. The molecule has 0 heterocycles. The van der Waals surface area contributed by atoms with Gasteiger partial charge in [0.05, 0.1) is 5.02 Å². The van der Waals surface area contributed by atoms with Gasteiger partial charge in [-0.25, -0.2) is 4.39 Å². The normalized spacial score (nSPS) is 10.2. The topological polar surface area (TPSA) is 38.3 Å². The van der Waals surface area contributed by atoms with Crippen LogP contribution in [0.15, 0.2) is 42.5 Å². The van der Waals surface area contributed by atoms with Crippen LogP contribution in [0.5, 0.6) is 5.75 Å². The predicted molar refractivity (Wildman–Crippen MR) is 77.0 cm³/mol. The van der Waals surface area contributed by atoms with Crippen LogP contribution in [0.2, 0.25) is 10.0 Å². The fourth-order valence-corrected chi connectivity index (χ4v) is 1.80. The molecular formula is C14H10Cl2FNO2. The number of amides is 1. The van der Waals surface area contributed by atoms with Crippen molar-refractivity contribution in [2.24, 2.45) is 0 Å². The molecule has 0 spiro atoms. The third-order valence-electron chi connectivity index (χ3n) is 2.38. The van der Waals surface area contributed by atoms with Gasteiger partial charge in [-0.15, -0.1) is 0 Å². The van der Waals surface area contributed by atoms with Crippen LogP contribution < -0.4 is 10.1 Å². The lowest BCUT2D eigenvalue weighted by atomic mass is 10.3. The number of benzene rings is 2. The maximum absolute atomic E-state index is 12.7. The summed E-state index contributed by atoms with van der Waals surface area (Å²) in [6, 6.07) is 10.1. The monoisotopic (exact) mass is 313 g/mol. The molecule has 0 radical (unpaired) electrons. The molecule has 0 aromatic heterocycles. The Balaban J connectivity index is 1.92. The smallest absolute Gasteiger partial charge is 0.262 e. The van der Waals surface area contributed by atoms with Gasteiger partial charge in [0.15, 0.2) is 6.61 Å². The molecule has 2 aromatic carbocycles. The summed E-state index contributed by atoms with van der Waals surface area (Å²) in [6.07, 6.45) is 0. The maximum Gasteiger partial charge on any atom is 0.262 e. The molecule has 0 saturated carbocycles. The van der Waals surface area contributed by atoms with Gasteiger partial charge in [-0.2, -0.15) is 0 Å². The third-order valence-corrected chi connectivity index (χ3v) is 2.93. The summed E-state index contributed by atoms with van der Waals surface area (Å²) in [5, 5.41) is 3.39. The highest BCUT2D eigenvalue weighted by Gasteiger charge is 2.07. The van der Waals surface area contributed by atoms with Crippen molar-refractivity contribution in [3.05, 3.63) is 58.3 Å². The number of carbonyl (C=O) groups excluding carboxylic acids is 1. The van der Waals surface area contributed by atoms with E-state index in [9.17, 15) is 9.18 Å². The lowest BCUT2D eigenvalue weighted by Crippen LogP contribution is -2.20. The Morgan fingerprint density at radius 1 is 1.15 bits per heavy atom. The molecule has 104 valence electrons. The Morgan fingerprint density at radius 3 is 2.55 bits per heavy atom. The van der Waals surface area contributed by atoms with Gasteiger partial charge in [-0.3, -0.25) is 4.79 Å². The molecule has 6 heteroatoms. The Kier molecular flexibility index (Phi) is 4.82. The number of rotatable bonds is 4. The number of anilines is 1. The molecule has 0 unspecified atom stereocenters. The molecule has 3 nitrogen and oxygen atoms in total. The SMILES string of the molecule is O=C(COc1cc(Cl)ccc1Cl)Nc1ccc(F)cc1.